The lowest BCUT2D eigenvalue weighted by molar-refractivity contribution is 0.173. The standard InChI is InChI=1S/C17H26BrN3O3S/c1-20(2)9-10-21(16-7-11-25(23,24)13-16)17(22)19-8-6-14-4-3-5-15(18)12-14/h3-5,12,16H,6-11,13H2,1-2H3,(H,19,22). The Kier molecular flexibility index (Phi) is 7.27. The van der Waals surface area contributed by atoms with E-state index in [4.69, 9.17) is 0 Å². The molecule has 1 atom stereocenters. The lowest BCUT2D eigenvalue weighted by atomic mass is 10.1. The maximum absolute atomic E-state index is 12.6. The van der Waals surface area contributed by atoms with E-state index in [0.717, 1.165) is 16.5 Å². The number of hydrogen-bond acceptors (Lipinski definition) is 4. The van der Waals surface area contributed by atoms with Gasteiger partial charge >= 0.3 is 6.03 Å². The monoisotopic (exact) mass is 431 g/mol. The molecule has 1 aromatic carbocycles. The van der Waals surface area contributed by atoms with Gasteiger partial charge in [-0.15, -0.1) is 0 Å². The molecule has 1 fully saturated rings. The summed E-state index contributed by atoms with van der Waals surface area (Å²) in [6.07, 6.45) is 1.25. The van der Waals surface area contributed by atoms with Crippen molar-refractivity contribution < 1.29 is 13.2 Å². The van der Waals surface area contributed by atoms with Crippen LogP contribution in [0.3, 0.4) is 0 Å². The van der Waals surface area contributed by atoms with Crippen LogP contribution < -0.4 is 5.32 Å². The van der Waals surface area contributed by atoms with Crippen LogP contribution in [0.1, 0.15) is 12.0 Å². The average molecular weight is 432 g/mol. The molecule has 0 aromatic heterocycles. The number of amides is 2. The zero-order valence-electron chi connectivity index (χ0n) is 14.7. The topological polar surface area (TPSA) is 69.7 Å². The Morgan fingerprint density at radius 3 is 2.68 bits per heavy atom. The van der Waals surface area contributed by atoms with Gasteiger partial charge in [0.2, 0.25) is 0 Å². The van der Waals surface area contributed by atoms with Crippen molar-refractivity contribution in [2.24, 2.45) is 0 Å². The Balaban J connectivity index is 1.92. The van der Waals surface area contributed by atoms with Gasteiger partial charge in [0.1, 0.15) is 0 Å². The van der Waals surface area contributed by atoms with Gasteiger partial charge in [-0.2, -0.15) is 0 Å². The van der Waals surface area contributed by atoms with E-state index in [0.29, 0.717) is 26.1 Å². The fourth-order valence-corrected chi connectivity index (χ4v) is 5.06. The maximum atomic E-state index is 12.6. The molecule has 0 bridgehead atoms. The molecular weight excluding hydrogens is 406 g/mol. The highest BCUT2D eigenvalue weighted by molar-refractivity contribution is 9.10. The third-order valence-electron chi connectivity index (χ3n) is 4.28. The van der Waals surface area contributed by atoms with E-state index in [1.54, 1.807) is 4.90 Å². The number of nitrogens with zero attached hydrogens (tertiary/aromatic N) is 2. The lowest BCUT2D eigenvalue weighted by Crippen LogP contribution is -2.49. The van der Waals surface area contributed by atoms with Crippen molar-refractivity contribution in [3.63, 3.8) is 0 Å². The van der Waals surface area contributed by atoms with Crippen LogP contribution in [0.15, 0.2) is 28.7 Å². The van der Waals surface area contributed by atoms with E-state index < -0.39 is 9.84 Å². The molecule has 1 heterocycles. The molecule has 2 amide bonds. The number of hydrogen-bond donors (Lipinski definition) is 1. The molecule has 1 aromatic rings. The average Bonchev–Trinajstić information content (AvgIpc) is 2.87. The number of urea groups is 1. The van der Waals surface area contributed by atoms with E-state index in [2.05, 4.69) is 21.2 Å². The molecule has 0 spiro atoms. The van der Waals surface area contributed by atoms with Gasteiger partial charge in [0.15, 0.2) is 9.84 Å². The van der Waals surface area contributed by atoms with E-state index in [1.807, 2.05) is 43.3 Å². The van der Waals surface area contributed by atoms with Gasteiger partial charge in [0, 0.05) is 30.1 Å². The molecule has 1 unspecified atom stereocenters. The summed E-state index contributed by atoms with van der Waals surface area (Å²) >= 11 is 3.44. The molecule has 1 aliphatic heterocycles. The highest BCUT2D eigenvalue weighted by Crippen LogP contribution is 2.18. The van der Waals surface area contributed by atoms with Gasteiger partial charge < -0.3 is 15.1 Å². The fourth-order valence-electron chi connectivity index (χ4n) is 2.89. The number of carbonyl (C=O) groups excluding carboxylic acids is 1. The largest absolute Gasteiger partial charge is 0.338 e. The SMILES string of the molecule is CN(C)CCN(C(=O)NCCc1cccc(Br)c1)C1CCS(=O)(=O)C1. The number of carbonyl (C=O) groups is 1. The summed E-state index contributed by atoms with van der Waals surface area (Å²) < 4.78 is 24.5. The number of nitrogens with one attached hydrogen (secondary N) is 1. The third kappa shape index (κ3) is 6.60. The van der Waals surface area contributed by atoms with E-state index in [1.165, 1.54) is 0 Å². The zero-order valence-corrected chi connectivity index (χ0v) is 17.1. The number of benzene rings is 1. The fraction of sp³-hybridized carbons (Fsp3) is 0.588. The number of likely N-dealkylation sites (N-methyl/N-ethyl adjacent to an activating group) is 1. The van der Waals surface area contributed by atoms with Gasteiger partial charge in [-0.3, -0.25) is 0 Å². The first kappa shape index (κ1) is 20.2. The van der Waals surface area contributed by atoms with Gasteiger partial charge in [0.25, 0.3) is 0 Å². The van der Waals surface area contributed by atoms with Crippen LogP contribution >= 0.6 is 15.9 Å². The quantitative estimate of drug-likeness (QED) is 0.713. The number of rotatable bonds is 7. The first-order chi connectivity index (χ1) is 11.8. The maximum Gasteiger partial charge on any atom is 0.317 e. The van der Waals surface area contributed by atoms with E-state index in [9.17, 15) is 13.2 Å². The summed E-state index contributed by atoms with van der Waals surface area (Å²) in [6, 6.07) is 7.57. The second-order valence-corrected chi connectivity index (χ2v) is 9.81. The van der Waals surface area contributed by atoms with Gasteiger partial charge in [-0.05, 0) is 44.6 Å². The predicted molar refractivity (Wildman–Crippen MR) is 104 cm³/mol. The van der Waals surface area contributed by atoms with Crippen LogP contribution in [0.25, 0.3) is 0 Å². The molecule has 8 heteroatoms. The van der Waals surface area contributed by atoms with Gasteiger partial charge in [-0.25, -0.2) is 13.2 Å². The van der Waals surface area contributed by atoms with Crippen LogP contribution in [0.2, 0.25) is 0 Å². The van der Waals surface area contributed by atoms with Crippen LogP contribution in [0, 0.1) is 0 Å². The zero-order chi connectivity index (χ0) is 18.4. The number of halogens is 1. The summed E-state index contributed by atoms with van der Waals surface area (Å²) in [7, 11) is 0.857. The Bertz CT molecular complexity index is 694. The van der Waals surface area contributed by atoms with Gasteiger partial charge in [-0.1, -0.05) is 28.1 Å². The second-order valence-electron chi connectivity index (χ2n) is 6.67. The lowest BCUT2D eigenvalue weighted by Gasteiger charge is -2.29. The Hall–Kier alpha value is -1.12. The molecule has 6 nitrogen and oxygen atoms in total. The molecule has 25 heavy (non-hydrogen) atoms. The van der Waals surface area contributed by atoms with Crippen LogP contribution in [-0.4, -0.2) is 75.5 Å². The third-order valence-corrected chi connectivity index (χ3v) is 6.52. The summed E-state index contributed by atoms with van der Waals surface area (Å²) in [6.45, 7) is 1.75. The molecule has 0 radical (unpaired) electrons. The summed E-state index contributed by atoms with van der Waals surface area (Å²) in [5, 5.41) is 2.94. The predicted octanol–water partition coefficient (Wildman–Crippen LogP) is 1.75. The van der Waals surface area contributed by atoms with Crippen molar-refractivity contribution in [2.75, 3.05) is 45.2 Å². The summed E-state index contributed by atoms with van der Waals surface area (Å²) in [5.74, 6) is 0.237. The van der Waals surface area contributed by atoms with E-state index in [-0.39, 0.29) is 23.6 Å². The molecule has 1 aliphatic rings. The first-order valence-electron chi connectivity index (χ1n) is 8.41. The van der Waals surface area contributed by atoms with Crippen molar-refractivity contribution in [2.45, 2.75) is 18.9 Å². The molecular formula is C17H26BrN3O3S. The summed E-state index contributed by atoms with van der Waals surface area (Å²) in [4.78, 5) is 16.3. The normalized spacial score (nSPS) is 19.1. The Morgan fingerprint density at radius 2 is 2.08 bits per heavy atom. The number of sulfone groups is 1. The smallest absolute Gasteiger partial charge is 0.317 e. The molecule has 1 N–H and O–H groups in total. The highest BCUT2D eigenvalue weighted by Gasteiger charge is 2.34. The van der Waals surface area contributed by atoms with Crippen LogP contribution in [0.4, 0.5) is 4.79 Å². The summed E-state index contributed by atoms with van der Waals surface area (Å²) in [5.41, 5.74) is 1.14. The van der Waals surface area contributed by atoms with Crippen molar-refractivity contribution in [3.05, 3.63) is 34.3 Å². The second kappa shape index (κ2) is 9.00. The minimum Gasteiger partial charge on any atom is -0.338 e. The van der Waals surface area contributed by atoms with E-state index >= 15 is 0 Å². The first-order valence-corrected chi connectivity index (χ1v) is 11.0. The van der Waals surface area contributed by atoms with Crippen molar-refractivity contribution in [1.29, 1.82) is 0 Å². The Labute approximate surface area is 158 Å². The van der Waals surface area contributed by atoms with Gasteiger partial charge in [0.05, 0.1) is 11.5 Å². The molecule has 1 saturated heterocycles. The molecule has 140 valence electrons. The molecule has 0 saturated carbocycles. The minimum atomic E-state index is -3.02. The minimum absolute atomic E-state index is 0.0689. The van der Waals surface area contributed by atoms with Crippen molar-refractivity contribution in [1.82, 2.24) is 15.1 Å². The van der Waals surface area contributed by atoms with Crippen LogP contribution in [0.5, 0.6) is 0 Å². The van der Waals surface area contributed by atoms with Crippen LogP contribution in [-0.2, 0) is 16.3 Å². The highest BCUT2D eigenvalue weighted by atomic mass is 79.9. The molecule has 0 aliphatic carbocycles. The van der Waals surface area contributed by atoms with Crippen molar-refractivity contribution >= 4 is 31.8 Å². The molecule has 2 rings (SSSR count). The van der Waals surface area contributed by atoms with Crippen molar-refractivity contribution in [3.8, 4) is 0 Å². The Morgan fingerprint density at radius 1 is 1.32 bits per heavy atom.